The first-order chi connectivity index (χ1) is 11.1. The molecule has 1 aliphatic heterocycles. The van der Waals surface area contributed by atoms with Gasteiger partial charge in [0.25, 0.3) is 0 Å². The van der Waals surface area contributed by atoms with Gasteiger partial charge in [0, 0.05) is 29.0 Å². The van der Waals surface area contributed by atoms with Gasteiger partial charge in [0.15, 0.2) is 5.96 Å². The molecule has 1 saturated heterocycles. The van der Waals surface area contributed by atoms with E-state index in [-0.39, 0.29) is 36.4 Å². The second kappa shape index (κ2) is 11.2. The number of thioether (sulfide) groups is 1. The Bertz CT molecular complexity index is 579. The number of hydrogen-bond acceptors (Lipinski definition) is 3. The fraction of sp³-hybridized carbons (Fsp3) is 0.500. The lowest BCUT2D eigenvalue weighted by atomic mass is 10.2. The van der Waals surface area contributed by atoms with Crippen LogP contribution in [-0.4, -0.2) is 43.0 Å². The van der Waals surface area contributed by atoms with Gasteiger partial charge in [0.2, 0.25) is 5.91 Å². The molecule has 1 amide bonds. The number of aryl methyl sites for hydroxylation is 1. The van der Waals surface area contributed by atoms with Crippen LogP contribution in [0.25, 0.3) is 0 Å². The van der Waals surface area contributed by atoms with Crippen molar-refractivity contribution < 1.29 is 4.79 Å². The summed E-state index contributed by atoms with van der Waals surface area (Å²) in [7, 11) is 1.72. The molecule has 1 aromatic rings. The largest absolute Gasteiger partial charge is 0.355 e. The molecule has 1 fully saturated rings. The van der Waals surface area contributed by atoms with Crippen LogP contribution in [0.15, 0.2) is 27.7 Å². The number of nitrogens with zero attached hydrogens (tertiary/aromatic N) is 1. The van der Waals surface area contributed by atoms with Crippen molar-refractivity contribution in [2.24, 2.45) is 4.99 Å². The molecule has 0 spiro atoms. The molecule has 8 heteroatoms. The minimum absolute atomic E-state index is 0. The van der Waals surface area contributed by atoms with E-state index in [1.807, 2.05) is 36.9 Å². The summed E-state index contributed by atoms with van der Waals surface area (Å²) in [6, 6.07) is 5.82. The first-order valence-corrected chi connectivity index (χ1v) is 9.55. The van der Waals surface area contributed by atoms with Gasteiger partial charge in [-0.2, -0.15) is 11.8 Å². The van der Waals surface area contributed by atoms with Gasteiger partial charge >= 0.3 is 0 Å². The zero-order valence-corrected chi connectivity index (χ0v) is 18.6. The molecule has 0 saturated carbocycles. The second-order valence-corrected chi connectivity index (χ2v) is 7.77. The Morgan fingerprint density at radius 3 is 2.88 bits per heavy atom. The van der Waals surface area contributed by atoms with Crippen LogP contribution in [0, 0.1) is 6.92 Å². The highest BCUT2D eigenvalue weighted by Gasteiger charge is 2.15. The number of halogens is 2. The van der Waals surface area contributed by atoms with Crippen LogP contribution in [0.1, 0.15) is 18.4 Å². The van der Waals surface area contributed by atoms with Gasteiger partial charge in [-0.05, 0) is 43.2 Å². The Kier molecular flexibility index (Phi) is 10.1. The van der Waals surface area contributed by atoms with Crippen LogP contribution in [0.2, 0.25) is 0 Å². The summed E-state index contributed by atoms with van der Waals surface area (Å²) in [5.41, 5.74) is 1.85. The molecule has 0 aliphatic carbocycles. The number of rotatable bonds is 5. The predicted octanol–water partition coefficient (Wildman–Crippen LogP) is 3.37. The molecule has 0 bridgehead atoms. The van der Waals surface area contributed by atoms with Crippen molar-refractivity contribution >= 4 is 69.2 Å². The standard InChI is InChI=1S/C16H23BrN4OS.HI/c1-11-5-6-12(17)8-14(11)21-15(22)10-20-16(18-2)19-9-13-4-3-7-23-13;/h5-6,8,13H,3-4,7,9-10H2,1-2H3,(H,21,22)(H2,18,19,20);1H. The topological polar surface area (TPSA) is 65.5 Å². The number of amides is 1. The van der Waals surface area contributed by atoms with E-state index in [2.05, 4.69) is 36.9 Å². The molecule has 24 heavy (non-hydrogen) atoms. The first kappa shape index (κ1) is 21.6. The molecule has 0 aromatic heterocycles. The lowest BCUT2D eigenvalue weighted by Crippen LogP contribution is -2.43. The number of guanidine groups is 1. The molecule has 5 nitrogen and oxygen atoms in total. The third-order valence-electron chi connectivity index (χ3n) is 3.63. The average Bonchev–Trinajstić information content (AvgIpc) is 3.04. The highest BCUT2D eigenvalue weighted by atomic mass is 127. The van der Waals surface area contributed by atoms with E-state index in [1.165, 1.54) is 18.6 Å². The fourth-order valence-electron chi connectivity index (χ4n) is 2.32. The Balaban J connectivity index is 0.00000288. The lowest BCUT2D eigenvalue weighted by molar-refractivity contribution is -0.115. The summed E-state index contributed by atoms with van der Waals surface area (Å²) in [6.45, 7) is 3.04. The van der Waals surface area contributed by atoms with Crippen LogP contribution in [0.3, 0.4) is 0 Å². The minimum Gasteiger partial charge on any atom is -0.355 e. The number of carbonyl (C=O) groups is 1. The summed E-state index contributed by atoms with van der Waals surface area (Å²) in [4.78, 5) is 16.2. The normalized spacial score (nSPS) is 17.1. The summed E-state index contributed by atoms with van der Waals surface area (Å²) < 4.78 is 0.942. The highest BCUT2D eigenvalue weighted by Crippen LogP contribution is 2.25. The molecule has 1 unspecified atom stereocenters. The maximum Gasteiger partial charge on any atom is 0.243 e. The van der Waals surface area contributed by atoms with Crippen LogP contribution >= 0.6 is 51.7 Å². The molecule has 134 valence electrons. The molecule has 1 aliphatic rings. The highest BCUT2D eigenvalue weighted by molar-refractivity contribution is 14.0. The summed E-state index contributed by atoms with van der Waals surface area (Å²) in [6.07, 6.45) is 2.54. The molecule has 1 heterocycles. The summed E-state index contributed by atoms with van der Waals surface area (Å²) >= 11 is 5.41. The summed E-state index contributed by atoms with van der Waals surface area (Å²) in [5, 5.41) is 9.89. The van der Waals surface area contributed by atoms with Crippen molar-refractivity contribution in [1.29, 1.82) is 0 Å². The zero-order chi connectivity index (χ0) is 16.7. The molecule has 1 aromatic carbocycles. The Morgan fingerprint density at radius 1 is 1.42 bits per heavy atom. The van der Waals surface area contributed by atoms with Crippen molar-refractivity contribution in [3.63, 3.8) is 0 Å². The van der Waals surface area contributed by atoms with Crippen molar-refractivity contribution in [2.45, 2.75) is 25.0 Å². The second-order valence-electron chi connectivity index (χ2n) is 5.45. The number of benzene rings is 1. The van der Waals surface area contributed by atoms with Crippen LogP contribution in [-0.2, 0) is 4.79 Å². The minimum atomic E-state index is -0.0932. The Labute approximate surface area is 173 Å². The van der Waals surface area contributed by atoms with Gasteiger partial charge in [-0.3, -0.25) is 9.79 Å². The smallest absolute Gasteiger partial charge is 0.243 e. The van der Waals surface area contributed by atoms with Crippen LogP contribution in [0.5, 0.6) is 0 Å². The van der Waals surface area contributed by atoms with Gasteiger partial charge in [-0.15, -0.1) is 24.0 Å². The van der Waals surface area contributed by atoms with Crippen LogP contribution in [0.4, 0.5) is 5.69 Å². The molecule has 3 N–H and O–H groups in total. The predicted molar refractivity (Wildman–Crippen MR) is 118 cm³/mol. The zero-order valence-electron chi connectivity index (χ0n) is 13.9. The number of hydrogen-bond donors (Lipinski definition) is 3. The van der Waals surface area contributed by atoms with Crippen molar-refractivity contribution in [2.75, 3.05) is 31.2 Å². The van der Waals surface area contributed by atoms with E-state index in [1.54, 1.807) is 7.05 Å². The molecular weight excluding hydrogens is 503 g/mol. The monoisotopic (exact) mass is 526 g/mol. The molecule has 0 radical (unpaired) electrons. The van der Waals surface area contributed by atoms with Crippen molar-refractivity contribution in [3.8, 4) is 0 Å². The average molecular weight is 527 g/mol. The van der Waals surface area contributed by atoms with Crippen molar-refractivity contribution in [1.82, 2.24) is 10.6 Å². The number of carbonyl (C=O) groups excluding carboxylic acids is 1. The molecule has 1 atom stereocenters. The van der Waals surface area contributed by atoms with Crippen molar-refractivity contribution in [3.05, 3.63) is 28.2 Å². The van der Waals surface area contributed by atoms with Gasteiger partial charge in [0.05, 0.1) is 6.54 Å². The maximum atomic E-state index is 12.1. The fourth-order valence-corrected chi connectivity index (χ4v) is 3.89. The van der Waals surface area contributed by atoms with Crippen LogP contribution < -0.4 is 16.0 Å². The van der Waals surface area contributed by atoms with Gasteiger partial charge in [0.1, 0.15) is 0 Å². The quantitative estimate of drug-likeness (QED) is 0.312. The number of anilines is 1. The molecular formula is C16H24BrIN4OS. The number of nitrogens with one attached hydrogen (secondary N) is 3. The third kappa shape index (κ3) is 7.18. The van der Waals surface area contributed by atoms with E-state index >= 15 is 0 Å². The van der Waals surface area contributed by atoms with E-state index in [9.17, 15) is 4.79 Å². The van der Waals surface area contributed by atoms with Gasteiger partial charge in [-0.1, -0.05) is 22.0 Å². The molecule has 2 rings (SSSR count). The van der Waals surface area contributed by atoms with E-state index in [0.717, 1.165) is 22.3 Å². The third-order valence-corrected chi connectivity index (χ3v) is 5.53. The van der Waals surface area contributed by atoms with Gasteiger partial charge < -0.3 is 16.0 Å². The maximum absolute atomic E-state index is 12.1. The number of aliphatic imine (C=N–C) groups is 1. The Hall–Kier alpha value is -0.480. The van der Waals surface area contributed by atoms with Gasteiger partial charge in [-0.25, -0.2) is 0 Å². The lowest BCUT2D eigenvalue weighted by Gasteiger charge is -2.15. The summed E-state index contributed by atoms with van der Waals surface area (Å²) in [5.74, 6) is 1.82. The van der Waals surface area contributed by atoms with E-state index in [4.69, 9.17) is 0 Å². The Morgan fingerprint density at radius 2 is 2.21 bits per heavy atom. The SMILES string of the molecule is CN=C(NCC(=O)Nc1cc(Br)ccc1C)NCC1CCCS1.I. The first-order valence-electron chi connectivity index (χ1n) is 7.70. The van der Waals surface area contributed by atoms with E-state index in [0.29, 0.717) is 11.2 Å². The van der Waals surface area contributed by atoms with E-state index < -0.39 is 0 Å².